The topological polar surface area (TPSA) is 170 Å². The Bertz CT molecular complexity index is 569. The summed E-state index contributed by atoms with van der Waals surface area (Å²) in [5.41, 5.74) is -0.0414. The SMILES string of the molecule is O=C(O)c1cc(C(=O)O)c(COCOCOCO)cc1COCOCOCO. The van der Waals surface area contributed by atoms with E-state index >= 15 is 0 Å². The molecule has 0 bridgehead atoms. The Labute approximate surface area is 159 Å². The zero-order valence-electron chi connectivity index (χ0n) is 14.9. The molecule has 0 spiro atoms. The predicted molar refractivity (Wildman–Crippen MR) is 87.9 cm³/mol. The number of aromatic carboxylic acids is 2. The van der Waals surface area contributed by atoms with E-state index < -0.39 is 25.5 Å². The van der Waals surface area contributed by atoms with Gasteiger partial charge in [0.05, 0.1) is 24.3 Å². The molecular formula is C16H22O12. The summed E-state index contributed by atoms with van der Waals surface area (Å²) in [7, 11) is 0. The quantitative estimate of drug-likeness (QED) is 0.213. The average Bonchev–Trinajstić information content (AvgIpc) is 2.66. The van der Waals surface area contributed by atoms with E-state index in [1.807, 2.05) is 0 Å². The van der Waals surface area contributed by atoms with E-state index in [9.17, 15) is 19.8 Å². The van der Waals surface area contributed by atoms with Crippen molar-refractivity contribution in [3.05, 3.63) is 34.4 Å². The molecule has 12 heteroatoms. The number of carboxylic acids is 2. The molecule has 0 aliphatic rings. The van der Waals surface area contributed by atoms with Gasteiger partial charge in [-0.05, 0) is 23.3 Å². The Balaban J connectivity index is 2.79. The highest BCUT2D eigenvalue weighted by atomic mass is 16.8. The van der Waals surface area contributed by atoms with Crippen molar-refractivity contribution >= 4 is 11.9 Å². The first-order chi connectivity index (χ1) is 13.5. The van der Waals surface area contributed by atoms with Gasteiger partial charge >= 0.3 is 11.9 Å². The van der Waals surface area contributed by atoms with E-state index in [1.165, 1.54) is 6.07 Å². The second-order valence-corrected chi connectivity index (χ2v) is 5.02. The molecule has 1 aromatic carbocycles. The first kappa shape index (κ1) is 23.9. The first-order valence-electron chi connectivity index (χ1n) is 7.81. The highest BCUT2D eigenvalue weighted by Crippen LogP contribution is 2.20. The van der Waals surface area contributed by atoms with Gasteiger partial charge in [-0.1, -0.05) is 0 Å². The van der Waals surface area contributed by atoms with Crippen molar-refractivity contribution in [2.45, 2.75) is 13.2 Å². The number of benzene rings is 1. The number of aliphatic hydroxyl groups excluding tert-OH is 2. The third-order valence-corrected chi connectivity index (χ3v) is 3.15. The lowest BCUT2D eigenvalue weighted by Gasteiger charge is -2.13. The fourth-order valence-corrected chi connectivity index (χ4v) is 2.01. The molecule has 0 aromatic heterocycles. The highest BCUT2D eigenvalue weighted by molar-refractivity contribution is 5.96. The van der Waals surface area contributed by atoms with Gasteiger partial charge < -0.3 is 48.8 Å². The highest BCUT2D eigenvalue weighted by Gasteiger charge is 2.19. The van der Waals surface area contributed by atoms with Crippen LogP contribution in [-0.2, 0) is 41.6 Å². The molecule has 0 fully saturated rings. The molecule has 4 N–H and O–H groups in total. The van der Waals surface area contributed by atoms with Crippen LogP contribution >= 0.6 is 0 Å². The molecule has 1 aromatic rings. The number of carboxylic acid groups (broad SMARTS) is 2. The van der Waals surface area contributed by atoms with E-state index in [0.717, 1.165) is 6.07 Å². The Morgan fingerprint density at radius 3 is 1.39 bits per heavy atom. The summed E-state index contributed by atoms with van der Waals surface area (Å²) in [6.45, 7) is -2.26. The number of carbonyl (C=O) groups is 2. The lowest BCUT2D eigenvalue weighted by atomic mass is 9.99. The van der Waals surface area contributed by atoms with Crippen LogP contribution in [0.5, 0.6) is 0 Å². The number of rotatable bonds is 16. The molecule has 0 atom stereocenters. The van der Waals surface area contributed by atoms with Crippen molar-refractivity contribution in [3.63, 3.8) is 0 Å². The fraction of sp³-hybridized carbons (Fsp3) is 0.500. The van der Waals surface area contributed by atoms with Crippen molar-refractivity contribution in [1.82, 2.24) is 0 Å². The standard InChI is InChI=1S/C16H22O12/c17-5-25-9-27-7-23-3-11-1-12(4-24-8-28-10-26-6-18)14(16(21)22)2-13(11)15(19)20/h1-2,17-18H,3-10H2,(H,19,20)(H,21,22). The van der Waals surface area contributed by atoms with Gasteiger partial charge in [-0.25, -0.2) is 9.59 Å². The second kappa shape index (κ2) is 13.9. The third-order valence-electron chi connectivity index (χ3n) is 3.15. The molecule has 0 saturated carbocycles. The summed E-state index contributed by atoms with van der Waals surface area (Å²) in [4.78, 5) is 22.9. The average molecular weight is 406 g/mol. The van der Waals surface area contributed by atoms with E-state index in [-0.39, 0.29) is 62.6 Å². The van der Waals surface area contributed by atoms with Crippen LogP contribution in [0.25, 0.3) is 0 Å². The molecule has 28 heavy (non-hydrogen) atoms. The van der Waals surface area contributed by atoms with Gasteiger partial charge in [0.15, 0.2) is 13.6 Å². The van der Waals surface area contributed by atoms with Crippen molar-refractivity contribution in [2.75, 3.05) is 40.8 Å². The lowest BCUT2D eigenvalue weighted by Crippen LogP contribution is -2.13. The Hall–Kier alpha value is -2.16. The maximum atomic E-state index is 11.4. The minimum Gasteiger partial charge on any atom is -0.478 e. The van der Waals surface area contributed by atoms with Crippen LogP contribution in [0.3, 0.4) is 0 Å². The van der Waals surface area contributed by atoms with Crippen LogP contribution in [0.4, 0.5) is 0 Å². The molecule has 0 amide bonds. The molecule has 0 aliphatic heterocycles. The van der Waals surface area contributed by atoms with Crippen LogP contribution in [0, 0.1) is 0 Å². The number of hydrogen-bond acceptors (Lipinski definition) is 10. The largest absolute Gasteiger partial charge is 0.478 e. The molecule has 158 valence electrons. The van der Waals surface area contributed by atoms with Crippen molar-refractivity contribution in [1.29, 1.82) is 0 Å². The Kier molecular flexibility index (Phi) is 11.9. The van der Waals surface area contributed by atoms with Crippen molar-refractivity contribution in [3.8, 4) is 0 Å². The van der Waals surface area contributed by atoms with Gasteiger partial charge in [-0.3, -0.25) is 0 Å². The molecule has 12 nitrogen and oxygen atoms in total. The smallest absolute Gasteiger partial charge is 0.336 e. The molecule has 0 unspecified atom stereocenters. The molecule has 0 radical (unpaired) electrons. The van der Waals surface area contributed by atoms with E-state index in [1.54, 1.807) is 0 Å². The van der Waals surface area contributed by atoms with Crippen molar-refractivity contribution < 1.29 is 58.4 Å². The van der Waals surface area contributed by atoms with Gasteiger partial charge in [0.25, 0.3) is 0 Å². The molecule has 0 heterocycles. The molecule has 0 saturated heterocycles. The first-order valence-corrected chi connectivity index (χ1v) is 7.81. The minimum absolute atomic E-state index is 0.172. The van der Waals surface area contributed by atoms with Gasteiger partial charge in [-0.15, -0.1) is 0 Å². The number of hydrogen-bond donors (Lipinski definition) is 4. The van der Waals surface area contributed by atoms with Crippen LogP contribution in [0.15, 0.2) is 12.1 Å². The van der Waals surface area contributed by atoms with Crippen LogP contribution in [0.2, 0.25) is 0 Å². The van der Waals surface area contributed by atoms with Gasteiger partial charge in [0, 0.05) is 0 Å². The summed E-state index contributed by atoms with van der Waals surface area (Å²) >= 11 is 0. The zero-order chi connectivity index (χ0) is 20.8. The normalized spacial score (nSPS) is 10.9. The van der Waals surface area contributed by atoms with Crippen molar-refractivity contribution in [2.24, 2.45) is 0 Å². The predicted octanol–water partition coefficient (Wildman–Crippen LogP) is -0.0878. The van der Waals surface area contributed by atoms with Gasteiger partial charge in [-0.2, -0.15) is 0 Å². The molecule has 0 aliphatic carbocycles. The Morgan fingerprint density at radius 1 is 0.643 bits per heavy atom. The van der Waals surface area contributed by atoms with Crippen LogP contribution in [0.1, 0.15) is 31.8 Å². The minimum atomic E-state index is -1.32. The third kappa shape index (κ3) is 8.69. The summed E-state index contributed by atoms with van der Waals surface area (Å²) < 4.78 is 29.2. The van der Waals surface area contributed by atoms with Crippen LogP contribution in [-0.4, -0.2) is 73.1 Å². The van der Waals surface area contributed by atoms with E-state index in [4.69, 9.17) is 29.2 Å². The number of ether oxygens (including phenoxy) is 6. The van der Waals surface area contributed by atoms with Crippen LogP contribution < -0.4 is 0 Å². The summed E-state index contributed by atoms with van der Waals surface area (Å²) in [6.07, 6.45) is 0. The summed E-state index contributed by atoms with van der Waals surface area (Å²) in [5, 5.41) is 35.5. The molecular weight excluding hydrogens is 384 g/mol. The van der Waals surface area contributed by atoms with Gasteiger partial charge in [0.1, 0.15) is 27.2 Å². The fourth-order valence-electron chi connectivity index (χ4n) is 2.01. The summed E-state index contributed by atoms with van der Waals surface area (Å²) in [5.74, 6) is -2.63. The lowest BCUT2D eigenvalue weighted by molar-refractivity contribution is -0.160. The van der Waals surface area contributed by atoms with E-state index in [0.29, 0.717) is 0 Å². The summed E-state index contributed by atoms with van der Waals surface area (Å²) in [6, 6.07) is 2.37. The van der Waals surface area contributed by atoms with Gasteiger partial charge in [0.2, 0.25) is 0 Å². The van der Waals surface area contributed by atoms with E-state index in [2.05, 4.69) is 9.47 Å². The maximum absolute atomic E-state index is 11.4. The maximum Gasteiger partial charge on any atom is 0.336 e. The molecule has 1 rings (SSSR count). The second-order valence-electron chi connectivity index (χ2n) is 5.02. The monoisotopic (exact) mass is 406 g/mol. The Morgan fingerprint density at radius 2 is 1.04 bits per heavy atom. The number of aliphatic hydroxyl groups is 2. The zero-order valence-corrected chi connectivity index (χ0v) is 14.9.